The zero-order valence-electron chi connectivity index (χ0n) is 84.0. The molecule has 0 saturated heterocycles. The molecule has 9 N–H and O–H groups in total. The molecule has 148 heavy (non-hydrogen) atoms. The van der Waals surface area contributed by atoms with Crippen LogP contribution in [0.25, 0.3) is 45.0 Å². The summed E-state index contributed by atoms with van der Waals surface area (Å²) in [4.78, 5) is 93.7. The number of hydrogen-bond donors (Lipinski definition) is 9. The summed E-state index contributed by atoms with van der Waals surface area (Å²) in [5, 5.41) is 62.9. The minimum Gasteiger partial charge on any atom is -0.508 e. The van der Waals surface area contributed by atoms with Crippen LogP contribution in [0.3, 0.4) is 0 Å². The molecule has 16 saturated carbocycles. The van der Waals surface area contributed by atoms with Crippen molar-refractivity contribution in [3.8, 4) is 73.8 Å². The van der Waals surface area contributed by atoms with Crippen LogP contribution in [0, 0.1) is 98.5 Å². The number of halogens is 3. The molecule has 12 aromatic rings. The second kappa shape index (κ2) is 39.2. The average Bonchev–Trinajstić information content (AvgIpc) is 0.745. The summed E-state index contributed by atoms with van der Waals surface area (Å²) >= 11 is 9.49. The lowest BCUT2D eigenvalue weighted by molar-refractivity contribution is -0.116. The predicted molar refractivity (Wildman–Crippen MR) is 573 cm³/mol. The van der Waals surface area contributed by atoms with Crippen LogP contribution in [-0.4, -0.2) is 89.0 Å². The van der Waals surface area contributed by atoms with E-state index < -0.39 is 0 Å². The first-order chi connectivity index (χ1) is 71.6. The highest BCUT2D eigenvalue weighted by atomic mass is 79.9. The van der Waals surface area contributed by atoms with Gasteiger partial charge >= 0.3 is 0 Å². The maximum Gasteiger partial charge on any atom is 0.229 e. The number of fused-ring (bicyclic) bond motifs is 12. The molecular formula is C124H129BrClFN12O9. The molecule has 8 aromatic carbocycles. The molecule has 0 spiro atoms. The van der Waals surface area contributed by atoms with E-state index in [2.05, 4.69) is 37.2 Å². The Bertz CT molecular complexity index is 6250. The van der Waals surface area contributed by atoms with Gasteiger partial charge in [-0.05, 0) is 490 Å². The Morgan fingerprint density at radius 1 is 0.284 bits per heavy atom. The molecule has 760 valence electrons. The van der Waals surface area contributed by atoms with Crippen LogP contribution >= 0.6 is 27.5 Å². The second-order valence-electron chi connectivity index (χ2n) is 48.4. The van der Waals surface area contributed by atoms with Crippen molar-refractivity contribution >= 4 is 74.4 Å². The van der Waals surface area contributed by atoms with Gasteiger partial charge in [0.25, 0.3) is 0 Å². The topological polar surface area (TPSA) is 321 Å². The molecular weight excluding hydrogens is 1940 g/mol. The highest BCUT2D eigenvalue weighted by Crippen LogP contribution is 2.66. The van der Waals surface area contributed by atoms with Crippen molar-refractivity contribution in [2.24, 2.45) is 92.7 Å². The van der Waals surface area contributed by atoms with E-state index in [9.17, 15) is 49.1 Å². The standard InChI is InChI=1S/C31H32BrN3O2.C31H32ClN3O2.C31H32FN3O2.C31H33N3O3/c3*32-23-4-1-18(2-5-23)12-28(37)35-30-27(17-31-14-19-9-20(15-31)11-21(10-19)16-31)33-29-25-7-6-24(36)13-22(25)3-8-26(29)34-30;35-23-4-1-18(2-5-23)12-28(37)34-30-27(17-31-14-19-9-20(15-31)11-21(10-19)16-31)32-29-25-7-6-24(36)13-22(25)3-8-26(29)33-30/h3*1-2,4-7,13,19-21,36H,3,8-12,14-17H2,(H,34,35,37);1-2,4-7,13,19-21,35-36H,3,8-12,14-17H2,(H,33,34,37). The fourth-order valence-electron chi connectivity index (χ4n) is 32.9. The van der Waals surface area contributed by atoms with E-state index in [4.69, 9.17) is 51.5 Å². The van der Waals surface area contributed by atoms with Gasteiger partial charge in [0.05, 0.1) is 94.0 Å². The Kier molecular flexibility index (Phi) is 25.6. The molecule has 20 aliphatic carbocycles. The summed E-state index contributed by atoms with van der Waals surface area (Å²) < 4.78 is 14.3. The first-order valence-corrected chi connectivity index (χ1v) is 55.9. The third kappa shape index (κ3) is 20.4. The molecule has 32 rings (SSSR count). The lowest BCUT2D eigenvalue weighted by atomic mass is 9.48. The Balaban J connectivity index is 0.000000103. The van der Waals surface area contributed by atoms with Crippen LogP contribution < -0.4 is 21.3 Å². The quantitative estimate of drug-likeness (QED) is 0.0342. The number of phenolic OH excluding ortho intramolecular Hbond substituents is 5. The number of amides is 4. The van der Waals surface area contributed by atoms with Crippen LogP contribution in [0.4, 0.5) is 27.7 Å². The second-order valence-corrected chi connectivity index (χ2v) is 49.8. The maximum atomic E-state index is 13.3. The smallest absolute Gasteiger partial charge is 0.229 e. The molecule has 4 aromatic heterocycles. The van der Waals surface area contributed by atoms with Crippen molar-refractivity contribution in [3.05, 3.63) is 275 Å². The Hall–Kier alpha value is -12.3. The van der Waals surface area contributed by atoms with Gasteiger partial charge in [-0.15, -0.1) is 0 Å². The number of nitrogens with one attached hydrogen (secondary N) is 4. The summed E-state index contributed by atoms with van der Waals surface area (Å²) in [7, 11) is 0. The van der Waals surface area contributed by atoms with Gasteiger partial charge < -0.3 is 46.8 Å². The maximum absolute atomic E-state index is 13.3. The summed E-state index contributed by atoms with van der Waals surface area (Å²) in [6.45, 7) is 0. The highest BCUT2D eigenvalue weighted by Gasteiger charge is 2.56. The zero-order valence-corrected chi connectivity index (χ0v) is 86.3. The minimum atomic E-state index is -0.309. The lowest BCUT2D eigenvalue weighted by Crippen LogP contribution is -2.47. The Morgan fingerprint density at radius 2 is 0.493 bits per heavy atom. The van der Waals surface area contributed by atoms with Crippen LogP contribution in [0.1, 0.15) is 244 Å². The third-order valence-corrected chi connectivity index (χ3v) is 37.8. The molecule has 0 aliphatic heterocycles. The number of phenols is 5. The van der Waals surface area contributed by atoms with Gasteiger partial charge in [-0.2, -0.15) is 0 Å². The zero-order chi connectivity index (χ0) is 101. The summed E-state index contributed by atoms with van der Waals surface area (Å²) in [5.74, 6) is 13.2. The van der Waals surface area contributed by atoms with E-state index in [1.54, 1.807) is 60.7 Å². The summed E-state index contributed by atoms with van der Waals surface area (Å²) in [5.41, 5.74) is 24.1. The third-order valence-electron chi connectivity index (χ3n) is 37.1. The van der Waals surface area contributed by atoms with E-state index in [1.807, 2.05) is 97.1 Å². The van der Waals surface area contributed by atoms with E-state index >= 15 is 0 Å². The molecule has 0 unspecified atom stereocenters. The molecule has 4 amide bonds. The van der Waals surface area contributed by atoms with E-state index in [0.29, 0.717) is 40.5 Å². The molecule has 24 heteroatoms. The monoisotopic (exact) mass is 2060 g/mol. The Labute approximate surface area is 877 Å². The number of benzene rings is 8. The van der Waals surface area contributed by atoms with E-state index in [1.165, 1.54) is 166 Å². The number of carbonyl (C=O) groups excluding carboxylic acids is 4. The molecule has 16 bridgehead atoms. The molecule has 20 aliphatic rings. The van der Waals surface area contributed by atoms with Gasteiger partial charge in [0.1, 0.15) is 34.6 Å². The van der Waals surface area contributed by atoms with E-state index in [0.717, 1.165) is 288 Å². The molecule has 0 radical (unpaired) electrons. The van der Waals surface area contributed by atoms with Crippen molar-refractivity contribution in [3.63, 3.8) is 0 Å². The van der Waals surface area contributed by atoms with Crippen LogP contribution in [0.2, 0.25) is 5.02 Å². The highest BCUT2D eigenvalue weighted by molar-refractivity contribution is 9.10. The molecule has 16 fully saturated rings. The summed E-state index contributed by atoms with van der Waals surface area (Å²) in [6, 6.07) is 50.2. The normalized spacial score (nSPS) is 27.0. The molecule has 0 atom stereocenters. The van der Waals surface area contributed by atoms with Crippen molar-refractivity contribution in [2.45, 2.75) is 257 Å². The van der Waals surface area contributed by atoms with Crippen LogP contribution in [0.5, 0.6) is 28.7 Å². The van der Waals surface area contributed by atoms with Gasteiger partial charge in [-0.1, -0.05) is 76.1 Å². The summed E-state index contributed by atoms with van der Waals surface area (Å²) in [6.07, 6.45) is 42.6. The fraction of sp³-hybridized carbons (Fsp3) is 0.452. The molecule has 21 nitrogen and oxygen atoms in total. The SMILES string of the molecule is O=C(Cc1ccc(Br)cc1)Nc1nc2c(nc1CC13CC4CC(CC(C4)C1)C3)-c1ccc(O)cc1CC2.O=C(Cc1ccc(Cl)cc1)Nc1nc2c(nc1CC13CC4CC(CC(C4)C1)C3)-c1ccc(O)cc1CC2.O=C(Cc1ccc(F)cc1)Nc1nc2c(nc1CC13CC4CC(CC(C4)C1)C3)-c1ccc(O)cc1CC2.O=C(Cc1ccc(O)cc1)Nc1nc2c(nc1CC13CC4CC(CC(C4)C1)C3)-c1ccc(O)cc1CC2. The lowest BCUT2D eigenvalue weighted by Gasteiger charge is -2.57. The van der Waals surface area contributed by atoms with Crippen LogP contribution in [-0.2, 0) is 122 Å². The van der Waals surface area contributed by atoms with Crippen molar-refractivity contribution < 1.29 is 49.1 Å². The number of anilines is 4. The largest absolute Gasteiger partial charge is 0.508 e. The first-order valence-electron chi connectivity index (χ1n) is 54.7. The number of hydrogen-bond acceptors (Lipinski definition) is 17. The number of aryl methyl sites for hydroxylation is 8. The van der Waals surface area contributed by atoms with Crippen molar-refractivity contribution in [1.29, 1.82) is 0 Å². The number of rotatable bonds is 20. The van der Waals surface area contributed by atoms with Gasteiger partial charge in [0.15, 0.2) is 23.3 Å². The van der Waals surface area contributed by atoms with Gasteiger partial charge in [0.2, 0.25) is 23.6 Å². The molecule has 4 heterocycles. The van der Waals surface area contributed by atoms with Gasteiger partial charge in [0, 0.05) is 31.7 Å². The first kappa shape index (κ1) is 96.5. The fourth-order valence-corrected chi connectivity index (χ4v) is 33.3. The number of carbonyl (C=O) groups is 4. The predicted octanol–water partition coefficient (Wildman–Crippen LogP) is 24.8. The van der Waals surface area contributed by atoms with Gasteiger partial charge in [-0.3, -0.25) is 19.2 Å². The van der Waals surface area contributed by atoms with Crippen LogP contribution in [0.15, 0.2) is 174 Å². The Morgan fingerprint density at radius 3 is 0.730 bits per heavy atom. The number of nitrogens with zero attached hydrogens (tertiary/aromatic N) is 8. The number of aromatic nitrogens is 8. The van der Waals surface area contributed by atoms with Crippen molar-refractivity contribution in [1.82, 2.24) is 39.9 Å². The minimum absolute atomic E-state index is 0.0514. The van der Waals surface area contributed by atoms with Crippen molar-refractivity contribution in [2.75, 3.05) is 21.3 Å². The van der Waals surface area contributed by atoms with E-state index in [-0.39, 0.29) is 93.4 Å². The number of aromatic hydroxyl groups is 5. The average molecular weight is 2070 g/mol. The van der Waals surface area contributed by atoms with Gasteiger partial charge in [-0.25, -0.2) is 44.3 Å².